The van der Waals surface area contributed by atoms with E-state index in [1.54, 1.807) is 0 Å². The Balaban J connectivity index is 0.00000162. The van der Waals surface area contributed by atoms with Crippen LogP contribution in [0.3, 0.4) is 0 Å². The van der Waals surface area contributed by atoms with Gasteiger partial charge in [0.1, 0.15) is 5.82 Å². The van der Waals surface area contributed by atoms with Crippen LogP contribution in [-0.2, 0) is 6.42 Å². The first kappa shape index (κ1) is 15.5. The van der Waals surface area contributed by atoms with E-state index in [9.17, 15) is 4.39 Å². The van der Waals surface area contributed by atoms with Crippen molar-refractivity contribution in [1.82, 2.24) is 5.32 Å². The summed E-state index contributed by atoms with van der Waals surface area (Å²) in [5.41, 5.74) is 1.21. The highest BCUT2D eigenvalue weighted by molar-refractivity contribution is 5.85. The molecule has 0 bridgehead atoms. The lowest BCUT2D eigenvalue weighted by Crippen LogP contribution is -2.26. The Morgan fingerprint density at radius 1 is 1.06 bits per heavy atom. The molecule has 0 heterocycles. The minimum atomic E-state index is -0.149. The van der Waals surface area contributed by atoms with Crippen LogP contribution in [0, 0.1) is 11.7 Å². The second-order valence-electron chi connectivity index (χ2n) is 5.08. The molecule has 1 saturated carbocycles. The van der Waals surface area contributed by atoms with Gasteiger partial charge in [-0.25, -0.2) is 4.39 Å². The van der Waals surface area contributed by atoms with Crippen LogP contribution in [0.5, 0.6) is 0 Å². The van der Waals surface area contributed by atoms with Crippen molar-refractivity contribution in [3.05, 3.63) is 35.6 Å². The maximum atomic E-state index is 12.7. The third kappa shape index (κ3) is 5.36. The molecule has 18 heavy (non-hydrogen) atoms. The van der Waals surface area contributed by atoms with Gasteiger partial charge in [-0.2, -0.15) is 0 Å². The molecular weight excluding hydrogens is 249 g/mol. The molecule has 0 saturated heterocycles. The summed E-state index contributed by atoms with van der Waals surface area (Å²) < 4.78 is 12.7. The molecule has 1 aliphatic carbocycles. The molecule has 0 unspecified atom stereocenters. The van der Waals surface area contributed by atoms with Crippen LogP contribution < -0.4 is 5.32 Å². The standard InChI is InChI=1S/C15H22FN.ClH/c16-15-8-6-13(7-9-15)10-11-17-12-14-4-2-1-3-5-14;/h6-9,14,17H,1-5,10-12H2;1H. The topological polar surface area (TPSA) is 12.0 Å². The van der Waals surface area contributed by atoms with Gasteiger partial charge in [0.05, 0.1) is 0 Å². The largest absolute Gasteiger partial charge is 0.316 e. The normalized spacial score (nSPS) is 16.3. The lowest BCUT2D eigenvalue weighted by atomic mass is 9.89. The first-order valence-corrected chi connectivity index (χ1v) is 6.80. The summed E-state index contributed by atoms with van der Waals surface area (Å²) in [6.07, 6.45) is 8.01. The quantitative estimate of drug-likeness (QED) is 0.800. The second-order valence-corrected chi connectivity index (χ2v) is 5.08. The Bertz CT molecular complexity index is 320. The van der Waals surface area contributed by atoms with Crippen LogP contribution in [0.2, 0.25) is 0 Å². The van der Waals surface area contributed by atoms with E-state index >= 15 is 0 Å². The summed E-state index contributed by atoms with van der Waals surface area (Å²) in [5, 5.41) is 3.52. The zero-order valence-electron chi connectivity index (χ0n) is 10.8. The van der Waals surface area contributed by atoms with Crippen LogP contribution in [-0.4, -0.2) is 13.1 Å². The lowest BCUT2D eigenvalue weighted by molar-refractivity contribution is 0.343. The van der Waals surface area contributed by atoms with Crippen molar-refractivity contribution in [2.24, 2.45) is 5.92 Å². The summed E-state index contributed by atoms with van der Waals surface area (Å²) in [6, 6.07) is 6.82. The molecule has 0 atom stereocenters. The number of hydrogen-bond acceptors (Lipinski definition) is 1. The number of benzene rings is 1. The molecule has 1 nitrogen and oxygen atoms in total. The monoisotopic (exact) mass is 271 g/mol. The zero-order chi connectivity index (χ0) is 11.9. The molecule has 3 heteroatoms. The van der Waals surface area contributed by atoms with Gasteiger partial charge >= 0.3 is 0 Å². The summed E-state index contributed by atoms with van der Waals surface area (Å²) >= 11 is 0. The lowest BCUT2D eigenvalue weighted by Gasteiger charge is -2.21. The molecule has 1 aromatic rings. The fraction of sp³-hybridized carbons (Fsp3) is 0.600. The zero-order valence-corrected chi connectivity index (χ0v) is 11.6. The number of hydrogen-bond donors (Lipinski definition) is 1. The van der Waals surface area contributed by atoms with Gasteiger partial charge in [-0.3, -0.25) is 0 Å². The highest BCUT2D eigenvalue weighted by Gasteiger charge is 2.12. The summed E-state index contributed by atoms with van der Waals surface area (Å²) in [6.45, 7) is 2.16. The van der Waals surface area contributed by atoms with Gasteiger partial charge in [0.2, 0.25) is 0 Å². The molecule has 2 rings (SSSR count). The molecule has 0 aliphatic heterocycles. The van der Waals surface area contributed by atoms with Crippen LogP contribution in [0.25, 0.3) is 0 Å². The van der Waals surface area contributed by atoms with Crippen molar-refractivity contribution >= 4 is 12.4 Å². The first-order valence-electron chi connectivity index (χ1n) is 6.80. The fourth-order valence-electron chi connectivity index (χ4n) is 2.58. The van der Waals surface area contributed by atoms with E-state index in [0.29, 0.717) is 0 Å². The van der Waals surface area contributed by atoms with Crippen LogP contribution in [0.1, 0.15) is 37.7 Å². The Kier molecular flexibility index (Phi) is 7.29. The fourth-order valence-corrected chi connectivity index (χ4v) is 2.58. The SMILES string of the molecule is Cl.Fc1ccc(CCNCC2CCCCC2)cc1. The molecule has 0 amide bonds. The molecule has 0 radical (unpaired) electrons. The van der Waals surface area contributed by atoms with Crippen LogP contribution >= 0.6 is 12.4 Å². The molecule has 0 spiro atoms. The summed E-state index contributed by atoms with van der Waals surface area (Å²) in [4.78, 5) is 0. The third-order valence-electron chi connectivity index (χ3n) is 3.66. The van der Waals surface area contributed by atoms with Crippen LogP contribution in [0.4, 0.5) is 4.39 Å². The average Bonchev–Trinajstić information content (AvgIpc) is 2.38. The molecule has 1 aliphatic rings. The highest BCUT2D eigenvalue weighted by atomic mass is 35.5. The number of rotatable bonds is 5. The van der Waals surface area contributed by atoms with E-state index in [4.69, 9.17) is 0 Å². The van der Waals surface area contributed by atoms with E-state index in [1.807, 2.05) is 12.1 Å². The van der Waals surface area contributed by atoms with Gasteiger partial charge in [-0.05, 0) is 56.0 Å². The molecule has 1 N–H and O–H groups in total. The van der Waals surface area contributed by atoms with E-state index in [0.717, 1.165) is 25.4 Å². The summed E-state index contributed by atoms with van der Waals surface area (Å²) in [7, 11) is 0. The van der Waals surface area contributed by atoms with E-state index in [-0.39, 0.29) is 18.2 Å². The predicted octanol–water partition coefficient (Wildman–Crippen LogP) is 3.96. The average molecular weight is 272 g/mol. The van der Waals surface area contributed by atoms with Crippen molar-refractivity contribution in [2.75, 3.05) is 13.1 Å². The smallest absolute Gasteiger partial charge is 0.123 e. The van der Waals surface area contributed by atoms with Gasteiger partial charge in [0.15, 0.2) is 0 Å². The Morgan fingerprint density at radius 3 is 2.39 bits per heavy atom. The van der Waals surface area contributed by atoms with Gasteiger partial charge in [0.25, 0.3) is 0 Å². The molecule has 1 aromatic carbocycles. The number of halogens is 2. The Hall–Kier alpha value is -0.600. The molecular formula is C15H23ClFN. The van der Waals surface area contributed by atoms with Gasteiger partial charge < -0.3 is 5.32 Å². The van der Waals surface area contributed by atoms with Gasteiger partial charge in [0, 0.05) is 0 Å². The Morgan fingerprint density at radius 2 is 1.72 bits per heavy atom. The minimum Gasteiger partial charge on any atom is -0.316 e. The van der Waals surface area contributed by atoms with E-state index in [2.05, 4.69) is 5.32 Å². The maximum Gasteiger partial charge on any atom is 0.123 e. The van der Waals surface area contributed by atoms with E-state index in [1.165, 1.54) is 49.8 Å². The Labute approximate surface area is 116 Å². The first-order chi connectivity index (χ1) is 8.34. The number of nitrogens with one attached hydrogen (secondary N) is 1. The molecule has 1 fully saturated rings. The molecule has 102 valence electrons. The van der Waals surface area contributed by atoms with Crippen molar-refractivity contribution < 1.29 is 4.39 Å². The minimum absolute atomic E-state index is 0. The van der Waals surface area contributed by atoms with E-state index < -0.39 is 0 Å². The van der Waals surface area contributed by atoms with Crippen molar-refractivity contribution in [3.8, 4) is 0 Å². The maximum absolute atomic E-state index is 12.7. The van der Waals surface area contributed by atoms with Gasteiger partial charge in [-0.15, -0.1) is 12.4 Å². The third-order valence-corrected chi connectivity index (χ3v) is 3.66. The second kappa shape index (κ2) is 8.49. The van der Waals surface area contributed by atoms with Gasteiger partial charge in [-0.1, -0.05) is 31.4 Å². The summed E-state index contributed by atoms with van der Waals surface area (Å²) in [5.74, 6) is 0.737. The van der Waals surface area contributed by atoms with Crippen molar-refractivity contribution in [2.45, 2.75) is 38.5 Å². The predicted molar refractivity (Wildman–Crippen MR) is 76.8 cm³/mol. The van der Waals surface area contributed by atoms with Crippen LogP contribution in [0.15, 0.2) is 24.3 Å². The van der Waals surface area contributed by atoms with Crippen molar-refractivity contribution in [3.63, 3.8) is 0 Å². The van der Waals surface area contributed by atoms with Crippen molar-refractivity contribution in [1.29, 1.82) is 0 Å². The molecule has 0 aromatic heterocycles. The highest BCUT2D eigenvalue weighted by Crippen LogP contribution is 2.22.